The van der Waals surface area contributed by atoms with Gasteiger partial charge in [-0.15, -0.1) is 0 Å². The van der Waals surface area contributed by atoms with Crippen molar-refractivity contribution in [1.82, 2.24) is 4.90 Å². The second-order valence-corrected chi connectivity index (χ2v) is 8.49. The Kier molecular flexibility index (Phi) is 7.50. The fourth-order valence-corrected chi connectivity index (χ4v) is 4.15. The number of amides is 2. The average molecular weight is 508 g/mol. The minimum Gasteiger partial charge on any atom is -0.488 e. The van der Waals surface area contributed by atoms with Gasteiger partial charge < -0.3 is 9.47 Å². The van der Waals surface area contributed by atoms with E-state index >= 15 is 0 Å². The summed E-state index contributed by atoms with van der Waals surface area (Å²) < 4.78 is 24.9. The van der Waals surface area contributed by atoms with Gasteiger partial charge in [-0.25, -0.2) is 9.18 Å². The van der Waals surface area contributed by atoms with Crippen LogP contribution >= 0.6 is 27.7 Å². The first-order chi connectivity index (χ1) is 14.8. The zero-order valence-corrected chi connectivity index (χ0v) is 19.2. The number of carbonyl (C=O) groups excluding carboxylic acids is 3. The zero-order chi connectivity index (χ0) is 22.5. The van der Waals surface area contributed by atoms with Crippen LogP contribution in [0.25, 0.3) is 6.08 Å². The van der Waals surface area contributed by atoms with Gasteiger partial charge in [0.25, 0.3) is 11.1 Å². The topological polar surface area (TPSA) is 72.9 Å². The van der Waals surface area contributed by atoms with E-state index in [4.69, 9.17) is 9.47 Å². The molecule has 9 heteroatoms. The van der Waals surface area contributed by atoms with Crippen molar-refractivity contribution in [2.24, 2.45) is 0 Å². The molecule has 2 aromatic rings. The minimum atomic E-state index is -1.02. The van der Waals surface area contributed by atoms with Crippen LogP contribution in [0.3, 0.4) is 0 Å². The van der Waals surface area contributed by atoms with E-state index < -0.39 is 23.2 Å². The fourth-order valence-electron chi connectivity index (χ4n) is 2.87. The summed E-state index contributed by atoms with van der Waals surface area (Å²) in [7, 11) is 0. The van der Waals surface area contributed by atoms with Gasteiger partial charge in [-0.1, -0.05) is 28.1 Å². The number of rotatable bonds is 7. The SMILES string of the molecule is CCOC(=O)[C@@H](C)N1C(=O)S/C(=C/c2cc(Br)ccc2OCc2cccc(F)c2)C1=O. The molecule has 0 unspecified atom stereocenters. The van der Waals surface area contributed by atoms with Gasteiger partial charge in [-0.2, -0.15) is 0 Å². The van der Waals surface area contributed by atoms with Crippen molar-refractivity contribution >= 4 is 50.9 Å². The van der Waals surface area contributed by atoms with Crippen molar-refractivity contribution in [3.63, 3.8) is 0 Å². The molecular formula is C22H19BrFNO5S. The standard InChI is InChI=1S/C22H19BrFNO5S/c1-3-29-21(27)13(2)25-20(26)19(31-22(25)28)11-15-10-16(23)7-8-18(15)30-12-14-5-4-6-17(24)9-14/h4-11,13H,3,12H2,1-2H3/b19-11+/t13-/m1/s1. The van der Waals surface area contributed by atoms with Crippen LogP contribution in [0.1, 0.15) is 25.0 Å². The molecule has 31 heavy (non-hydrogen) atoms. The highest BCUT2D eigenvalue weighted by Gasteiger charge is 2.41. The van der Waals surface area contributed by atoms with Crippen molar-refractivity contribution in [1.29, 1.82) is 0 Å². The Hall–Kier alpha value is -2.65. The van der Waals surface area contributed by atoms with E-state index in [1.807, 2.05) is 0 Å². The number of esters is 1. The van der Waals surface area contributed by atoms with E-state index in [1.165, 1.54) is 25.1 Å². The zero-order valence-electron chi connectivity index (χ0n) is 16.8. The predicted octanol–water partition coefficient (Wildman–Crippen LogP) is 5.16. The third-order valence-corrected chi connectivity index (χ3v) is 5.76. The molecule has 2 amide bonds. The Morgan fingerprint density at radius 2 is 2.03 bits per heavy atom. The van der Waals surface area contributed by atoms with Gasteiger partial charge >= 0.3 is 5.97 Å². The van der Waals surface area contributed by atoms with Crippen LogP contribution in [0.15, 0.2) is 51.8 Å². The first-order valence-electron chi connectivity index (χ1n) is 9.40. The van der Waals surface area contributed by atoms with E-state index in [-0.39, 0.29) is 23.9 Å². The minimum absolute atomic E-state index is 0.127. The molecule has 0 bridgehead atoms. The quantitative estimate of drug-likeness (QED) is 0.380. The molecular weight excluding hydrogens is 489 g/mol. The number of hydrogen-bond donors (Lipinski definition) is 0. The van der Waals surface area contributed by atoms with E-state index in [1.54, 1.807) is 37.3 Å². The molecule has 0 N–H and O–H groups in total. The van der Waals surface area contributed by atoms with Crippen molar-refractivity contribution in [3.8, 4) is 5.75 Å². The maximum Gasteiger partial charge on any atom is 0.329 e. The Morgan fingerprint density at radius 3 is 2.74 bits per heavy atom. The maximum absolute atomic E-state index is 13.4. The van der Waals surface area contributed by atoms with Crippen molar-refractivity contribution < 1.29 is 28.2 Å². The monoisotopic (exact) mass is 507 g/mol. The molecule has 6 nitrogen and oxygen atoms in total. The highest BCUT2D eigenvalue weighted by atomic mass is 79.9. The first-order valence-corrected chi connectivity index (χ1v) is 11.0. The van der Waals surface area contributed by atoms with Crippen LogP contribution in [-0.4, -0.2) is 34.7 Å². The number of halogens is 2. The van der Waals surface area contributed by atoms with Crippen LogP contribution < -0.4 is 4.74 Å². The highest BCUT2D eigenvalue weighted by molar-refractivity contribution is 9.10. The van der Waals surface area contributed by atoms with Gasteiger partial charge in [0.1, 0.15) is 24.2 Å². The van der Waals surface area contributed by atoms with Crippen LogP contribution in [0, 0.1) is 5.82 Å². The van der Waals surface area contributed by atoms with Gasteiger partial charge in [0.2, 0.25) is 0 Å². The molecule has 1 saturated heterocycles. The molecule has 2 aromatic carbocycles. The Morgan fingerprint density at radius 1 is 1.26 bits per heavy atom. The Labute approximate surface area is 191 Å². The van der Waals surface area contributed by atoms with Crippen molar-refractivity contribution in [3.05, 3.63) is 68.8 Å². The molecule has 0 aromatic heterocycles. The smallest absolute Gasteiger partial charge is 0.329 e. The summed E-state index contributed by atoms with van der Waals surface area (Å²) >= 11 is 4.13. The number of nitrogens with zero attached hydrogens (tertiary/aromatic N) is 1. The predicted molar refractivity (Wildman–Crippen MR) is 119 cm³/mol. The maximum atomic E-state index is 13.4. The van der Waals surface area contributed by atoms with Crippen molar-refractivity contribution in [2.45, 2.75) is 26.5 Å². The highest BCUT2D eigenvalue weighted by Crippen LogP contribution is 2.36. The largest absolute Gasteiger partial charge is 0.488 e. The lowest BCUT2D eigenvalue weighted by atomic mass is 10.1. The second kappa shape index (κ2) is 10.1. The Balaban J connectivity index is 1.84. The summed E-state index contributed by atoms with van der Waals surface area (Å²) in [5.41, 5.74) is 1.21. The fraction of sp³-hybridized carbons (Fsp3) is 0.227. The molecule has 0 spiro atoms. The lowest BCUT2D eigenvalue weighted by molar-refractivity contribution is -0.150. The van der Waals surface area contributed by atoms with Gasteiger partial charge in [-0.05, 0) is 67.6 Å². The lowest BCUT2D eigenvalue weighted by Crippen LogP contribution is -2.42. The van der Waals surface area contributed by atoms with E-state index in [9.17, 15) is 18.8 Å². The number of carbonyl (C=O) groups is 3. The van der Waals surface area contributed by atoms with Crippen LogP contribution in [-0.2, 0) is 20.9 Å². The summed E-state index contributed by atoms with van der Waals surface area (Å²) in [5, 5.41) is -0.547. The molecule has 1 aliphatic rings. The average Bonchev–Trinajstić information content (AvgIpc) is 3.00. The number of benzene rings is 2. The summed E-state index contributed by atoms with van der Waals surface area (Å²) in [6.45, 7) is 3.38. The molecule has 1 fully saturated rings. The van der Waals surface area contributed by atoms with Gasteiger partial charge in [0.15, 0.2) is 0 Å². The van der Waals surface area contributed by atoms with Gasteiger partial charge in [-0.3, -0.25) is 14.5 Å². The van der Waals surface area contributed by atoms with Crippen LogP contribution in [0.4, 0.5) is 9.18 Å². The van der Waals surface area contributed by atoms with E-state index in [0.29, 0.717) is 16.9 Å². The summed E-state index contributed by atoms with van der Waals surface area (Å²) in [6, 6.07) is 10.3. The molecule has 1 heterocycles. The van der Waals surface area contributed by atoms with E-state index in [2.05, 4.69) is 15.9 Å². The molecule has 0 saturated carbocycles. The molecule has 0 aliphatic carbocycles. The third-order valence-electron chi connectivity index (χ3n) is 4.38. The molecule has 3 rings (SSSR count). The van der Waals surface area contributed by atoms with Gasteiger partial charge in [0.05, 0.1) is 11.5 Å². The summed E-state index contributed by atoms with van der Waals surface area (Å²) in [5.74, 6) is -1.13. The number of hydrogen-bond acceptors (Lipinski definition) is 6. The number of imide groups is 1. The summed E-state index contributed by atoms with van der Waals surface area (Å²) in [4.78, 5) is 38.2. The summed E-state index contributed by atoms with van der Waals surface area (Å²) in [6.07, 6.45) is 1.54. The lowest BCUT2D eigenvalue weighted by Gasteiger charge is -2.19. The van der Waals surface area contributed by atoms with E-state index in [0.717, 1.165) is 21.1 Å². The Bertz CT molecular complexity index is 1060. The molecule has 162 valence electrons. The second-order valence-electron chi connectivity index (χ2n) is 6.58. The normalized spacial score (nSPS) is 16.0. The molecule has 1 atom stereocenters. The molecule has 1 aliphatic heterocycles. The van der Waals surface area contributed by atoms with Crippen LogP contribution in [0.5, 0.6) is 5.75 Å². The van der Waals surface area contributed by atoms with Gasteiger partial charge in [0, 0.05) is 10.0 Å². The third kappa shape index (κ3) is 5.54. The first kappa shape index (κ1) is 23.0. The number of thioether (sulfide) groups is 1. The molecule has 0 radical (unpaired) electrons. The van der Waals surface area contributed by atoms with Crippen LogP contribution in [0.2, 0.25) is 0 Å². The van der Waals surface area contributed by atoms with Crippen molar-refractivity contribution in [2.75, 3.05) is 6.61 Å². The number of ether oxygens (including phenoxy) is 2.